The third kappa shape index (κ3) is 3.62. The van der Waals surface area contributed by atoms with Crippen molar-refractivity contribution < 1.29 is 9.21 Å². The van der Waals surface area contributed by atoms with Crippen LogP contribution in [0.3, 0.4) is 0 Å². The zero-order valence-electron chi connectivity index (χ0n) is 13.0. The van der Waals surface area contributed by atoms with Gasteiger partial charge in [-0.15, -0.1) is 0 Å². The number of benzene rings is 1. The maximum Gasteiger partial charge on any atom is 0.221 e. The molecule has 23 heavy (non-hydrogen) atoms. The summed E-state index contributed by atoms with van der Waals surface area (Å²) < 4.78 is 5.80. The molecule has 2 aromatic rings. The SMILES string of the molecule is N#CC1(NC(=O)CCc2ccc(-c3ccccc3)o2)CCCC1. The van der Waals surface area contributed by atoms with Gasteiger partial charge in [0.1, 0.15) is 17.1 Å². The van der Waals surface area contributed by atoms with E-state index < -0.39 is 5.54 Å². The third-order valence-electron chi connectivity index (χ3n) is 4.37. The molecule has 1 aliphatic carbocycles. The largest absolute Gasteiger partial charge is 0.461 e. The summed E-state index contributed by atoms with van der Waals surface area (Å²) in [5.41, 5.74) is 0.382. The number of carbonyl (C=O) groups is 1. The first-order valence-corrected chi connectivity index (χ1v) is 8.07. The van der Waals surface area contributed by atoms with Crippen LogP contribution in [-0.4, -0.2) is 11.4 Å². The molecule has 0 atom stereocenters. The van der Waals surface area contributed by atoms with Gasteiger partial charge in [-0.2, -0.15) is 5.26 Å². The number of hydrogen-bond donors (Lipinski definition) is 1. The second-order valence-electron chi connectivity index (χ2n) is 6.08. The van der Waals surface area contributed by atoms with Gasteiger partial charge in [-0.25, -0.2) is 0 Å². The second kappa shape index (κ2) is 6.70. The van der Waals surface area contributed by atoms with Crippen LogP contribution in [0.4, 0.5) is 0 Å². The van der Waals surface area contributed by atoms with Gasteiger partial charge < -0.3 is 9.73 Å². The molecule has 118 valence electrons. The smallest absolute Gasteiger partial charge is 0.221 e. The van der Waals surface area contributed by atoms with Crippen molar-refractivity contribution in [3.05, 3.63) is 48.2 Å². The first-order valence-electron chi connectivity index (χ1n) is 8.07. The maximum absolute atomic E-state index is 12.1. The Morgan fingerprint density at radius 2 is 1.91 bits per heavy atom. The third-order valence-corrected chi connectivity index (χ3v) is 4.37. The molecule has 1 saturated carbocycles. The highest BCUT2D eigenvalue weighted by Gasteiger charge is 2.35. The van der Waals surface area contributed by atoms with Crippen molar-refractivity contribution in [2.24, 2.45) is 0 Å². The van der Waals surface area contributed by atoms with Gasteiger partial charge in [0.05, 0.1) is 6.07 Å². The number of nitrogens with one attached hydrogen (secondary N) is 1. The summed E-state index contributed by atoms with van der Waals surface area (Å²) in [5, 5.41) is 12.2. The van der Waals surface area contributed by atoms with E-state index in [4.69, 9.17) is 4.42 Å². The van der Waals surface area contributed by atoms with Crippen molar-refractivity contribution in [2.75, 3.05) is 0 Å². The monoisotopic (exact) mass is 308 g/mol. The Hall–Kier alpha value is -2.54. The Kier molecular flexibility index (Phi) is 4.47. The lowest BCUT2D eigenvalue weighted by molar-refractivity contribution is -0.122. The number of furan rings is 1. The zero-order chi connectivity index (χ0) is 16.1. The van der Waals surface area contributed by atoms with Crippen molar-refractivity contribution in [2.45, 2.75) is 44.1 Å². The molecular formula is C19H20N2O2. The Labute approximate surface area is 136 Å². The molecule has 1 aromatic carbocycles. The van der Waals surface area contributed by atoms with E-state index >= 15 is 0 Å². The van der Waals surface area contributed by atoms with E-state index in [1.165, 1.54) is 0 Å². The molecule has 4 nitrogen and oxygen atoms in total. The number of nitriles is 1. The number of carbonyl (C=O) groups excluding carboxylic acids is 1. The quantitative estimate of drug-likeness (QED) is 0.912. The van der Waals surface area contributed by atoms with Gasteiger partial charge in [-0.05, 0) is 37.8 Å². The van der Waals surface area contributed by atoms with E-state index in [1.54, 1.807) is 0 Å². The van der Waals surface area contributed by atoms with Crippen LogP contribution >= 0.6 is 0 Å². The minimum Gasteiger partial charge on any atom is -0.461 e. The van der Waals surface area contributed by atoms with Crippen LogP contribution in [0.15, 0.2) is 46.9 Å². The molecular weight excluding hydrogens is 288 g/mol. The molecule has 0 spiro atoms. The van der Waals surface area contributed by atoms with Gasteiger partial charge in [-0.1, -0.05) is 30.3 Å². The van der Waals surface area contributed by atoms with E-state index in [0.717, 1.165) is 42.8 Å². The van der Waals surface area contributed by atoms with Crippen molar-refractivity contribution in [1.82, 2.24) is 5.32 Å². The van der Waals surface area contributed by atoms with E-state index in [2.05, 4.69) is 11.4 Å². The summed E-state index contributed by atoms with van der Waals surface area (Å²) in [4.78, 5) is 12.1. The van der Waals surface area contributed by atoms with E-state index in [9.17, 15) is 10.1 Å². The van der Waals surface area contributed by atoms with Gasteiger partial charge in [-0.3, -0.25) is 4.79 Å². The summed E-state index contributed by atoms with van der Waals surface area (Å²) >= 11 is 0. The predicted molar refractivity (Wildman–Crippen MR) is 87.4 cm³/mol. The predicted octanol–water partition coefficient (Wildman–Crippen LogP) is 3.83. The van der Waals surface area contributed by atoms with Gasteiger partial charge in [0.2, 0.25) is 5.91 Å². The van der Waals surface area contributed by atoms with Crippen molar-refractivity contribution in [3.63, 3.8) is 0 Å². The minimum atomic E-state index is -0.643. The summed E-state index contributed by atoms with van der Waals surface area (Å²) in [7, 11) is 0. The molecule has 1 amide bonds. The van der Waals surface area contributed by atoms with Crippen molar-refractivity contribution in [3.8, 4) is 17.4 Å². The Bertz CT molecular complexity index is 706. The highest BCUT2D eigenvalue weighted by Crippen LogP contribution is 2.29. The van der Waals surface area contributed by atoms with Crippen LogP contribution in [0, 0.1) is 11.3 Å². The van der Waals surface area contributed by atoms with Gasteiger partial charge in [0, 0.05) is 18.4 Å². The number of rotatable bonds is 5. The first-order chi connectivity index (χ1) is 11.2. The summed E-state index contributed by atoms with van der Waals surface area (Å²) in [6.07, 6.45) is 4.41. The van der Waals surface area contributed by atoms with Crippen molar-refractivity contribution >= 4 is 5.91 Å². The lowest BCUT2D eigenvalue weighted by Gasteiger charge is -2.21. The van der Waals surface area contributed by atoms with Crippen LogP contribution in [0.1, 0.15) is 37.9 Å². The summed E-state index contributed by atoms with van der Waals surface area (Å²) in [6.45, 7) is 0. The molecule has 0 bridgehead atoms. The highest BCUT2D eigenvalue weighted by atomic mass is 16.3. The molecule has 1 heterocycles. The number of amides is 1. The molecule has 1 aromatic heterocycles. The van der Waals surface area contributed by atoms with Gasteiger partial charge in [0.25, 0.3) is 0 Å². The lowest BCUT2D eigenvalue weighted by Crippen LogP contribution is -2.45. The molecule has 1 N–H and O–H groups in total. The molecule has 1 aliphatic rings. The van der Waals surface area contributed by atoms with Crippen LogP contribution in [-0.2, 0) is 11.2 Å². The molecule has 0 radical (unpaired) electrons. The zero-order valence-corrected chi connectivity index (χ0v) is 13.0. The fraction of sp³-hybridized carbons (Fsp3) is 0.368. The van der Waals surface area contributed by atoms with Crippen molar-refractivity contribution in [1.29, 1.82) is 5.26 Å². The summed E-state index contributed by atoms with van der Waals surface area (Å²) in [6, 6.07) is 16.0. The van der Waals surface area contributed by atoms with Crippen LogP contribution in [0.5, 0.6) is 0 Å². The number of aryl methyl sites for hydroxylation is 1. The van der Waals surface area contributed by atoms with E-state index in [0.29, 0.717) is 12.8 Å². The Morgan fingerprint density at radius 1 is 1.17 bits per heavy atom. The average Bonchev–Trinajstić information content (AvgIpc) is 3.24. The highest BCUT2D eigenvalue weighted by molar-refractivity contribution is 5.77. The number of hydrogen-bond acceptors (Lipinski definition) is 3. The van der Waals surface area contributed by atoms with Gasteiger partial charge in [0.15, 0.2) is 0 Å². The van der Waals surface area contributed by atoms with Crippen LogP contribution in [0.2, 0.25) is 0 Å². The second-order valence-corrected chi connectivity index (χ2v) is 6.08. The fourth-order valence-electron chi connectivity index (χ4n) is 3.08. The molecule has 4 heteroatoms. The van der Waals surface area contributed by atoms with Crippen LogP contribution in [0.25, 0.3) is 11.3 Å². The van der Waals surface area contributed by atoms with E-state index in [1.807, 2.05) is 42.5 Å². The summed E-state index contributed by atoms with van der Waals surface area (Å²) in [5.74, 6) is 1.52. The van der Waals surface area contributed by atoms with Gasteiger partial charge >= 0.3 is 0 Å². The molecule has 0 saturated heterocycles. The maximum atomic E-state index is 12.1. The topological polar surface area (TPSA) is 66.0 Å². The van der Waals surface area contributed by atoms with Crippen LogP contribution < -0.4 is 5.32 Å². The molecule has 1 fully saturated rings. The molecule has 0 unspecified atom stereocenters. The average molecular weight is 308 g/mol. The standard InChI is InChI=1S/C19H20N2O2/c20-14-19(12-4-5-13-19)21-18(22)11-9-16-8-10-17(23-16)15-6-2-1-3-7-15/h1-3,6-8,10H,4-5,9,11-13H2,(H,21,22). The number of nitrogens with zero attached hydrogens (tertiary/aromatic N) is 1. The molecule has 0 aliphatic heterocycles. The minimum absolute atomic E-state index is 0.0777. The molecule has 3 rings (SSSR count). The fourth-order valence-corrected chi connectivity index (χ4v) is 3.08. The Morgan fingerprint density at radius 3 is 2.61 bits per heavy atom. The Balaban J connectivity index is 1.56. The normalized spacial score (nSPS) is 16.0. The lowest BCUT2D eigenvalue weighted by atomic mass is 9.99. The van der Waals surface area contributed by atoms with E-state index in [-0.39, 0.29) is 5.91 Å². The first kappa shape index (κ1) is 15.4.